The maximum absolute atomic E-state index is 13.0. The molecule has 1 amide bonds. The number of thiophene rings is 1. The Labute approximate surface area is 172 Å². The third-order valence-electron chi connectivity index (χ3n) is 5.33. The van der Waals surface area contributed by atoms with E-state index in [1.807, 2.05) is 22.2 Å². The van der Waals surface area contributed by atoms with Crippen LogP contribution in [-0.4, -0.2) is 62.7 Å². The van der Waals surface area contributed by atoms with Gasteiger partial charge in [-0.15, -0.1) is 16.4 Å². The Morgan fingerprint density at radius 1 is 1.32 bits per heavy atom. The van der Waals surface area contributed by atoms with Gasteiger partial charge in [-0.25, -0.2) is 13.1 Å². The fraction of sp³-hybridized carbons (Fsp3) is 0.647. The van der Waals surface area contributed by atoms with Crippen molar-refractivity contribution in [2.45, 2.75) is 55.9 Å². The molecular weight excluding hydrogens is 418 g/mol. The first-order valence-corrected chi connectivity index (χ1v) is 13.1. The Bertz CT molecular complexity index is 906. The molecule has 1 saturated heterocycles. The predicted molar refractivity (Wildman–Crippen MR) is 108 cm³/mol. The Morgan fingerprint density at radius 3 is 2.82 bits per heavy atom. The summed E-state index contributed by atoms with van der Waals surface area (Å²) >= 11 is 2.91. The van der Waals surface area contributed by atoms with E-state index >= 15 is 0 Å². The predicted octanol–water partition coefficient (Wildman–Crippen LogP) is 2.16. The monoisotopic (exact) mass is 441 g/mol. The minimum absolute atomic E-state index is 0.0502. The van der Waals surface area contributed by atoms with E-state index in [9.17, 15) is 13.2 Å². The SMILES string of the molecule is O=C(CSc1nnnn1C1CCCC1)N(Cc1cccs1)[C@H]1CCS(=O)(=O)C1. The van der Waals surface area contributed by atoms with E-state index in [0.717, 1.165) is 17.7 Å². The van der Waals surface area contributed by atoms with Crippen molar-refractivity contribution in [2.24, 2.45) is 0 Å². The minimum atomic E-state index is -3.06. The summed E-state index contributed by atoms with van der Waals surface area (Å²) in [4.78, 5) is 15.8. The standard InChI is InChI=1S/C17H23N5O3S3/c23-16(11-27-17-18-19-20-22(17)13-4-1-2-5-13)21(10-15-6-3-8-26-15)14-7-9-28(24,25)12-14/h3,6,8,13-14H,1-2,4-5,7,9-12H2/t14-/m0/s1. The number of thioether (sulfide) groups is 1. The first-order valence-electron chi connectivity index (χ1n) is 9.45. The van der Waals surface area contributed by atoms with Gasteiger partial charge in [0.05, 0.1) is 29.8 Å². The van der Waals surface area contributed by atoms with Gasteiger partial charge in [-0.05, 0) is 41.1 Å². The summed E-state index contributed by atoms with van der Waals surface area (Å²) in [6.45, 7) is 0.449. The van der Waals surface area contributed by atoms with Gasteiger partial charge in [0.25, 0.3) is 0 Å². The summed E-state index contributed by atoms with van der Waals surface area (Å²) in [5, 5.41) is 14.6. The van der Waals surface area contributed by atoms with Gasteiger partial charge >= 0.3 is 0 Å². The van der Waals surface area contributed by atoms with Crippen LogP contribution in [0.2, 0.25) is 0 Å². The van der Waals surface area contributed by atoms with Gasteiger partial charge in [0, 0.05) is 10.9 Å². The van der Waals surface area contributed by atoms with Crippen LogP contribution in [0.25, 0.3) is 0 Å². The number of sulfone groups is 1. The van der Waals surface area contributed by atoms with Crippen LogP contribution in [0.5, 0.6) is 0 Å². The average Bonchev–Trinajstić information content (AvgIpc) is 3.44. The zero-order valence-corrected chi connectivity index (χ0v) is 17.9. The zero-order chi connectivity index (χ0) is 19.6. The molecule has 4 rings (SSSR count). The van der Waals surface area contributed by atoms with Crippen LogP contribution in [0, 0.1) is 0 Å². The molecule has 0 N–H and O–H groups in total. The highest BCUT2D eigenvalue weighted by molar-refractivity contribution is 7.99. The molecule has 28 heavy (non-hydrogen) atoms. The highest BCUT2D eigenvalue weighted by Gasteiger charge is 2.35. The largest absolute Gasteiger partial charge is 0.333 e. The third-order valence-corrected chi connectivity index (χ3v) is 8.86. The van der Waals surface area contributed by atoms with Gasteiger partial charge in [0.1, 0.15) is 0 Å². The molecule has 2 aliphatic rings. The second-order valence-electron chi connectivity index (χ2n) is 7.29. The van der Waals surface area contributed by atoms with E-state index in [-0.39, 0.29) is 29.2 Å². The maximum Gasteiger partial charge on any atom is 0.233 e. The Hall–Kier alpha value is -1.46. The molecule has 1 aliphatic heterocycles. The molecule has 0 radical (unpaired) electrons. The highest BCUT2D eigenvalue weighted by atomic mass is 32.2. The lowest BCUT2D eigenvalue weighted by Crippen LogP contribution is -2.41. The van der Waals surface area contributed by atoms with Gasteiger partial charge in [0.2, 0.25) is 11.1 Å². The van der Waals surface area contributed by atoms with Crippen LogP contribution in [-0.2, 0) is 21.2 Å². The zero-order valence-electron chi connectivity index (χ0n) is 15.4. The topological polar surface area (TPSA) is 98.1 Å². The van der Waals surface area contributed by atoms with Crippen LogP contribution < -0.4 is 0 Å². The third kappa shape index (κ3) is 4.57. The van der Waals surface area contributed by atoms with E-state index < -0.39 is 9.84 Å². The molecule has 3 heterocycles. The van der Waals surface area contributed by atoms with Crippen molar-refractivity contribution in [2.75, 3.05) is 17.3 Å². The second-order valence-corrected chi connectivity index (χ2v) is 11.5. The number of carbonyl (C=O) groups is 1. The Kier molecular flexibility index (Phi) is 6.02. The second kappa shape index (κ2) is 8.50. The van der Waals surface area contributed by atoms with Crippen molar-refractivity contribution in [3.63, 3.8) is 0 Å². The molecule has 8 nitrogen and oxygen atoms in total. The maximum atomic E-state index is 13.0. The normalized spacial score (nSPS) is 21.9. The summed E-state index contributed by atoms with van der Waals surface area (Å²) in [5.41, 5.74) is 0. The number of nitrogens with zero attached hydrogens (tertiary/aromatic N) is 5. The minimum Gasteiger partial charge on any atom is -0.333 e. The fourth-order valence-electron chi connectivity index (χ4n) is 3.88. The van der Waals surface area contributed by atoms with Gasteiger partial charge in [-0.1, -0.05) is 30.7 Å². The van der Waals surface area contributed by atoms with Crippen molar-refractivity contribution >= 4 is 38.8 Å². The molecule has 11 heteroatoms. The molecule has 0 spiro atoms. The molecule has 2 aromatic heterocycles. The van der Waals surface area contributed by atoms with Gasteiger partial charge in [-0.2, -0.15) is 0 Å². The summed E-state index contributed by atoms with van der Waals surface area (Å²) in [6, 6.07) is 3.97. The van der Waals surface area contributed by atoms with E-state index in [2.05, 4.69) is 15.5 Å². The fourth-order valence-corrected chi connectivity index (χ4v) is 7.14. The molecule has 2 fully saturated rings. The molecule has 0 unspecified atom stereocenters. The van der Waals surface area contributed by atoms with Crippen LogP contribution in [0.15, 0.2) is 22.7 Å². The number of hydrogen-bond donors (Lipinski definition) is 0. The summed E-state index contributed by atoms with van der Waals surface area (Å²) in [6.07, 6.45) is 4.99. The van der Waals surface area contributed by atoms with Crippen LogP contribution >= 0.6 is 23.1 Å². The van der Waals surface area contributed by atoms with E-state index in [1.54, 1.807) is 16.2 Å². The smallest absolute Gasteiger partial charge is 0.233 e. The van der Waals surface area contributed by atoms with Crippen molar-refractivity contribution in [1.82, 2.24) is 25.1 Å². The molecular formula is C17H23N5O3S3. The Morgan fingerprint density at radius 2 is 2.14 bits per heavy atom. The number of aromatic nitrogens is 4. The van der Waals surface area contributed by atoms with Crippen molar-refractivity contribution < 1.29 is 13.2 Å². The number of hydrogen-bond acceptors (Lipinski definition) is 8. The van der Waals surface area contributed by atoms with E-state index in [0.29, 0.717) is 24.2 Å². The van der Waals surface area contributed by atoms with Crippen LogP contribution in [0.4, 0.5) is 0 Å². The number of carbonyl (C=O) groups excluding carboxylic acids is 1. The molecule has 2 aromatic rings. The Balaban J connectivity index is 1.44. The molecule has 1 saturated carbocycles. The lowest BCUT2D eigenvalue weighted by atomic mass is 10.2. The molecule has 0 aromatic carbocycles. The molecule has 0 bridgehead atoms. The van der Waals surface area contributed by atoms with Crippen LogP contribution in [0.3, 0.4) is 0 Å². The van der Waals surface area contributed by atoms with Gasteiger partial charge in [0.15, 0.2) is 9.84 Å². The van der Waals surface area contributed by atoms with Gasteiger partial charge in [-0.3, -0.25) is 4.79 Å². The van der Waals surface area contributed by atoms with Crippen molar-refractivity contribution in [3.8, 4) is 0 Å². The number of tetrazole rings is 1. The van der Waals surface area contributed by atoms with Gasteiger partial charge < -0.3 is 4.90 Å². The van der Waals surface area contributed by atoms with E-state index in [1.165, 1.54) is 24.6 Å². The molecule has 1 atom stereocenters. The summed E-state index contributed by atoms with van der Waals surface area (Å²) in [5.74, 6) is 0.337. The van der Waals surface area contributed by atoms with E-state index in [4.69, 9.17) is 0 Å². The lowest BCUT2D eigenvalue weighted by Gasteiger charge is -2.27. The quantitative estimate of drug-likeness (QED) is 0.607. The number of amides is 1. The number of rotatable bonds is 7. The average molecular weight is 442 g/mol. The molecule has 152 valence electrons. The molecule has 1 aliphatic carbocycles. The first-order chi connectivity index (χ1) is 13.5. The van der Waals surface area contributed by atoms with Crippen molar-refractivity contribution in [3.05, 3.63) is 22.4 Å². The van der Waals surface area contributed by atoms with Crippen LogP contribution in [0.1, 0.15) is 43.0 Å². The first kappa shape index (κ1) is 19.8. The van der Waals surface area contributed by atoms with Crippen molar-refractivity contribution in [1.29, 1.82) is 0 Å². The lowest BCUT2D eigenvalue weighted by molar-refractivity contribution is -0.130. The highest BCUT2D eigenvalue weighted by Crippen LogP contribution is 2.31. The summed E-state index contributed by atoms with van der Waals surface area (Å²) < 4.78 is 25.7. The summed E-state index contributed by atoms with van der Waals surface area (Å²) in [7, 11) is -3.06.